The molecule has 2 aromatic carbocycles. The standard InChI is InChI=1S/C32H28Cl2FN5O4/c1-32(2,17-42)25-14-26(40-44-25)37-15-18-12-13-36-30(29(18)35)38-24-9-5-7-21(28(24)34)20-6-4-8-22(27(20)33)23-11-10-19(16-41)31(39-23)43-3/h4-14,16,42H,15,17H2,1-3H3,(H,36,38)(H,37,40). The Bertz CT molecular complexity index is 1830. The van der Waals surface area contributed by atoms with Crippen LogP contribution in [0.1, 0.15) is 35.5 Å². The summed E-state index contributed by atoms with van der Waals surface area (Å²) in [7, 11) is 1.44. The molecule has 0 saturated carbocycles. The highest BCUT2D eigenvalue weighted by molar-refractivity contribution is 6.39. The summed E-state index contributed by atoms with van der Waals surface area (Å²) in [6, 6.07) is 17.2. The smallest absolute Gasteiger partial charge is 0.224 e. The second-order valence-electron chi connectivity index (χ2n) is 10.5. The fourth-order valence-corrected chi connectivity index (χ4v) is 5.00. The monoisotopic (exact) mass is 635 g/mol. The third-order valence-electron chi connectivity index (χ3n) is 7.03. The predicted octanol–water partition coefficient (Wildman–Crippen LogP) is 7.69. The number of aromatic nitrogens is 3. The molecule has 0 aliphatic heterocycles. The van der Waals surface area contributed by atoms with E-state index in [9.17, 15) is 9.90 Å². The van der Waals surface area contributed by atoms with Gasteiger partial charge in [-0.1, -0.05) is 72.5 Å². The number of benzene rings is 2. The van der Waals surface area contributed by atoms with Gasteiger partial charge in [-0.15, -0.1) is 0 Å². The van der Waals surface area contributed by atoms with Gasteiger partial charge in [-0.25, -0.2) is 14.4 Å². The fraction of sp³-hybridized carbons (Fsp3) is 0.188. The Morgan fingerprint density at radius 1 is 1.05 bits per heavy atom. The van der Waals surface area contributed by atoms with E-state index in [1.807, 2.05) is 26.0 Å². The lowest BCUT2D eigenvalue weighted by Crippen LogP contribution is -2.21. The lowest BCUT2D eigenvalue weighted by Gasteiger charge is -2.16. The summed E-state index contributed by atoms with van der Waals surface area (Å²) in [5.74, 6) is 0.519. The maximum absolute atomic E-state index is 15.5. The number of ether oxygens (including phenoxy) is 1. The summed E-state index contributed by atoms with van der Waals surface area (Å²) in [4.78, 5) is 19.9. The summed E-state index contributed by atoms with van der Waals surface area (Å²) in [6.07, 6.45) is 2.16. The molecular weight excluding hydrogens is 608 g/mol. The Balaban J connectivity index is 1.40. The Labute approximate surface area is 263 Å². The minimum Gasteiger partial charge on any atom is -0.480 e. The average molecular weight is 637 g/mol. The van der Waals surface area contributed by atoms with Crippen LogP contribution in [0.3, 0.4) is 0 Å². The topological polar surface area (TPSA) is 122 Å². The molecule has 0 saturated heterocycles. The number of aldehydes is 1. The van der Waals surface area contributed by atoms with E-state index < -0.39 is 11.2 Å². The predicted molar refractivity (Wildman–Crippen MR) is 168 cm³/mol. The van der Waals surface area contributed by atoms with Gasteiger partial charge in [-0.05, 0) is 24.3 Å². The minimum absolute atomic E-state index is 0.0167. The van der Waals surface area contributed by atoms with E-state index >= 15 is 4.39 Å². The Kier molecular flexibility index (Phi) is 9.14. The van der Waals surface area contributed by atoms with Crippen molar-refractivity contribution >= 4 is 46.8 Å². The highest BCUT2D eigenvalue weighted by Crippen LogP contribution is 2.42. The van der Waals surface area contributed by atoms with Gasteiger partial charge in [0, 0.05) is 46.5 Å². The molecule has 0 bridgehead atoms. The number of methoxy groups -OCH3 is 1. The van der Waals surface area contributed by atoms with Crippen LogP contribution in [-0.2, 0) is 12.0 Å². The SMILES string of the molecule is COc1nc(-c2cccc(-c3cccc(Nc4nccc(CNc5cc(C(C)(C)CO)on5)c4F)c3Cl)c2Cl)ccc1C=O. The summed E-state index contributed by atoms with van der Waals surface area (Å²) in [6.45, 7) is 3.65. The van der Waals surface area contributed by atoms with Crippen LogP contribution in [0.4, 0.5) is 21.7 Å². The third-order valence-corrected chi connectivity index (χ3v) is 7.84. The Morgan fingerprint density at radius 2 is 1.77 bits per heavy atom. The second-order valence-corrected chi connectivity index (χ2v) is 11.2. The van der Waals surface area contributed by atoms with Crippen molar-refractivity contribution in [2.75, 3.05) is 24.4 Å². The maximum atomic E-state index is 15.5. The summed E-state index contributed by atoms with van der Waals surface area (Å²) in [5, 5.41) is 20.2. The maximum Gasteiger partial charge on any atom is 0.224 e. The molecule has 44 heavy (non-hydrogen) atoms. The first-order valence-electron chi connectivity index (χ1n) is 13.5. The Hall–Kier alpha value is -4.51. The number of hydrogen-bond donors (Lipinski definition) is 3. The van der Waals surface area contributed by atoms with Gasteiger partial charge < -0.3 is 25.0 Å². The van der Waals surface area contributed by atoms with Crippen LogP contribution < -0.4 is 15.4 Å². The summed E-state index contributed by atoms with van der Waals surface area (Å²) >= 11 is 13.7. The van der Waals surface area contributed by atoms with E-state index in [1.165, 1.54) is 13.3 Å². The number of carbonyl (C=O) groups excluding carboxylic acids is 1. The number of nitrogens with one attached hydrogen (secondary N) is 2. The van der Waals surface area contributed by atoms with E-state index in [4.69, 9.17) is 32.5 Å². The van der Waals surface area contributed by atoms with E-state index in [2.05, 4.69) is 25.8 Å². The van der Waals surface area contributed by atoms with Crippen molar-refractivity contribution in [2.45, 2.75) is 25.8 Å². The van der Waals surface area contributed by atoms with E-state index in [-0.39, 0.29) is 24.8 Å². The van der Waals surface area contributed by atoms with Crippen molar-refractivity contribution in [1.29, 1.82) is 0 Å². The first kappa shape index (κ1) is 30.9. The zero-order chi connectivity index (χ0) is 31.4. The van der Waals surface area contributed by atoms with Crippen LogP contribution in [0.2, 0.25) is 10.0 Å². The quantitative estimate of drug-likeness (QED) is 0.125. The first-order chi connectivity index (χ1) is 21.2. The van der Waals surface area contributed by atoms with Gasteiger partial charge in [-0.3, -0.25) is 4.79 Å². The van der Waals surface area contributed by atoms with E-state index in [0.717, 1.165) is 0 Å². The van der Waals surface area contributed by atoms with Gasteiger partial charge in [0.05, 0.1) is 40.7 Å². The van der Waals surface area contributed by atoms with Crippen molar-refractivity contribution in [3.05, 3.63) is 99.6 Å². The molecular formula is C32H28Cl2FN5O4. The molecule has 5 rings (SSSR count). The molecule has 3 N–H and O–H groups in total. The lowest BCUT2D eigenvalue weighted by atomic mass is 9.92. The van der Waals surface area contributed by atoms with Crippen molar-refractivity contribution in [3.63, 3.8) is 0 Å². The normalized spacial score (nSPS) is 11.3. The number of rotatable bonds is 11. The molecule has 5 aromatic rings. The highest BCUT2D eigenvalue weighted by Gasteiger charge is 2.25. The largest absolute Gasteiger partial charge is 0.480 e. The molecule has 0 atom stereocenters. The highest BCUT2D eigenvalue weighted by atomic mass is 35.5. The average Bonchev–Trinajstić information content (AvgIpc) is 3.52. The van der Waals surface area contributed by atoms with Gasteiger partial charge in [0.1, 0.15) is 5.76 Å². The molecule has 0 unspecified atom stereocenters. The molecule has 226 valence electrons. The van der Waals surface area contributed by atoms with Crippen LogP contribution in [0.15, 0.2) is 71.4 Å². The molecule has 12 heteroatoms. The first-order valence-corrected chi connectivity index (χ1v) is 14.2. The third kappa shape index (κ3) is 6.23. The number of carbonyl (C=O) groups is 1. The van der Waals surface area contributed by atoms with E-state index in [0.29, 0.717) is 67.1 Å². The molecule has 0 aliphatic carbocycles. The molecule has 0 amide bonds. The molecule has 0 spiro atoms. The van der Waals surface area contributed by atoms with Crippen molar-refractivity contribution < 1.29 is 23.6 Å². The zero-order valence-electron chi connectivity index (χ0n) is 24.0. The fourth-order valence-electron chi connectivity index (χ4n) is 4.40. The van der Waals surface area contributed by atoms with Crippen LogP contribution >= 0.6 is 23.2 Å². The Morgan fingerprint density at radius 3 is 2.50 bits per heavy atom. The van der Waals surface area contributed by atoms with Gasteiger partial charge >= 0.3 is 0 Å². The lowest BCUT2D eigenvalue weighted by molar-refractivity contribution is 0.112. The van der Waals surface area contributed by atoms with Gasteiger partial charge in [0.25, 0.3) is 0 Å². The van der Waals surface area contributed by atoms with Crippen molar-refractivity contribution in [2.24, 2.45) is 0 Å². The van der Waals surface area contributed by atoms with Crippen LogP contribution in [-0.4, -0.2) is 40.2 Å². The molecule has 3 heterocycles. The van der Waals surface area contributed by atoms with Crippen molar-refractivity contribution in [1.82, 2.24) is 15.1 Å². The van der Waals surface area contributed by atoms with Gasteiger partial charge in [0.2, 0.25) is 5.88 Å². The van der Waals surface area contributed by atoms with Crippen molar-refractivity contribution in [3.8, 4) is 28.3 Å². The number of halogens is 3. The summed E-state index contributed by atoms with van der Waals surface area (Å²) in [5.41, 5.74) is 2.83. The number of hydrogen-bond acceptors (Lipinski definition) is 9. The number of anilines is 3. The number of aliphatic hydroxyl groups is 1. The molecule has 0 radical (unpaired) electrons. The molecule has 0 aliphatic rings. The van der Waals surface area contributed by atoms with E-state index in [1.54, 1.807) is 48.5 Å². The number of aliphatic hydroxyl groups excluding tert-OH is 1. The summed E-state index contributed by atoms with van der Waals surface area (Å²) < 4.78 is 26.1. The van der Waals surface area contributed by atoms with Gasteiger partial charge in [0.15, 0.2) is 23.7 Å². The zero-order valence-corrected chi connectivity index (χ0v) is 25.5. The second kappa shape index (κ2) is 13.0. The van der Waals surface area contributed by atoms with Crippen LogP contribution in [0.25, 0.3) is 22.4 Å². The number of pyridine rings is 2. The molecule has 3 aromatic heterocycles. The van der Waals surface area contributed by atoms with Crippen LogP contribution in [0.5, 0.6) is 5.88 Å². The van der Waals surface area contributed by atoms with Gasteiger partial charge in [-0.2, -0.15) is 0 Å². The number of nitrogens with zero attached hydrogens (tertiary/aromatic N) is 3. The molecule has 0 fully saturated rings. The molecule has 9 nitrogen and oxygen atoms in total. The van der Waals surface area contributed by atoms with Crippen LogP contribution in [0, 0.1) is 5.82 Å². The minimum atomic E-state index is -0.599.